The van der Waals surface area contributed by atoms with Crippen LogP contribution in [0, 0.1) is 17.3 Å². The Morgan fingerprint density at radius 1 is 1.37 bits per heavy atom. The van der Waals surface area contributed by atoms with Crippen molar-refractivity contribution < 1.29 is 14.4 Å². The summed E-state index contributed by atoms with van der Waals surface area (Å²) in [6, 6.07) is 0. The van der Waals surface area contributed by atoms with Gasteiger partial charge in [0.15, 0.2) is 5.78 Å². The van der Waals surface area contributed by atoms with Gasteiger partial charge in [0.05, 0.1) is 7.11 Å². The van der Waals surface area contributed by atoms with Crippen molar-refractivity contribution in [1.29, 1.82) is 0 Å². The van der Waals surface area contributed by atoms with Crippen LogP contribution in [-0.2, 0) is 14.4 Å². The van der Waals surface area contributed by atoms with Gasteiger partial charge in [-0.05, 0) is 32.6 Å². The molecule has 0 N–H and O–H groups in total. The molecular weight excluding hydrogens is 242 g/mol. The molecule has 2 unspecified atom stereocenters. The average molecular weight is 269 g/mol. The quantitative estimate of drug-likeness (QED) is 0.387. The van der Waals surface area contributed by atoms with E-state index in [1.807, 2.05) is 13.0 Å². The fourth-order valence-electron chi connectivity index (χ4n) is 2.29. The van der Waals surface area contributed by atoms with Crippen molar-refractivity contribution in [3.63, 3.8) is 0 Å². The van der Waals surface area contributed by atoms with E-state index < -0.39 is 5.41 Å². The third kappa shape index (κ3) is 4.78. The first-order chi connectivity index (χ1) is 8.68. The smallest absolute Gasteiger partial charge is 0.258 e. The van der Waals surface area contributed by atoms with E-state index in [2.05, 4.69) is 13.5 Å². The number of hydroxylamine groups is 2. The molecule has 110 valence electrons. The predicted octanol–water partition coefficient (Wildman–Crippen LogP) is 2.84. The van der Waals surface area contributed by atoms with Gasteiger partial charge in [0, 0.05) is 13.0 Å². The summed E-state index contributed by atoms with van der Waals surface area (Å²) >= 11 is 0. The molecule has 0 aliphatic heterocycles. The summed E-state index contributed by atoms with van der Waals surface area (Å²) in [6.45, 7) is 11.0. The minimum atomic E-state index is -1.06. The molecule has 0 saturated carbocycles. The van der Waals surface area contributed by atoms with E-state index in [9.17, 15) is 9.59 Å². The molecule has 2 atom stereocenters. The van der Waals surface area contributed by atoms with Gasteiger partial charge in [0.2, 0.25) is 0 Å². The number of carbonyl (C=O) groups excluding carboxylic acids is 2. The Morgan fingerprint density at radius 2 is 1.89 bits per heavy atom. The second kappa shape index (κ2) is 7.43. The number of hydrogen-bond acceptors (Lipinski definition) is 3. The Morgan fingerprint density at radius 3 is 2.32 bits per heavy atom. The maximum absolute atomic E-state index is 12.4. The molecule has 4 heteroatoms. The van der Waals surface area contributed by atoms with Crippen molar-refractivity contribution in [1.82, 2.24) is 5.06 Å². The lowest BCUT2D eigenvalue weighted by atomic mass is 9.78. The lowest BCUT2D eigenvalue weighted by molar-refractivity contribution is -0.180. The Bertz CT molecular complexity index is 336. The molecule has 4 nitrogen and oxygen atoms in total. The first kappa shape index (κ1) is 17.8. The normalized spacial score (nSPS) is 14.6. The largest absolute Gasteiger partial charge is 0.298 e. The van der Waals surface area contributed by atoms with Crippen LogP contribution in [0.15, 0.2) is 12.7 Å². The van der Waals surface area contributed by atoms with Gasteiger partial charge in [-0.2, -0.15) is 0 Å². The standard InChI is InChI=1S/C15H27NO3/c1-8-9-11(2)10-12(3)13(17)15(4,5)14(18)16(6)19-7/h8,11-12H,1,9-10H2,2-7H3. The van der Waals surface area contributed by atoms with Crippen LogP contribution in [0.3, 0.4) is 0 Å². The Labute approximate surface area is 116 Å². The van der Waals surface area contributed by atoms with Crippen LogP contribution in [0.4, 0.5) is 0 Å². The highest BCUT2D eigenvalue weighted by Crippen LogP contribution is 2.28. The van der Waals surface area contributed by atoms with Crippen LogP contribution in [0.1, 0.15) is 40.5 Å². The monoisotopic (exact) mass is 269 g/mol. The zero-order chi connectivity index (χ0) is 15.2. The molecule has 0 aromatic rings. The molecule has 0 heterocycles. The van der Waals surface area contributed by atoms with Gasteiger partial charge in [-0.3, -0.25) is 14.4 Å². The summed E-state index contributed by atoms with van der Waals surface area (Å²) in [5, 5.41) is 1.11. The maximum Gasteiger partial charge on any atom is 0.258 e. The molecular formula is C15H27NO3. The summed E-state index contributed by atoms with van der Waals surface area (Å²) in [5.74, 6) is -0.123. The zero-order valence-corrected chi connectivity index (χ0v) is 13.0. The Balaban J connectivity index is 4.78. The van der Waals surface area contributed by atoms with Gasteiger partial charge in [-0.1, -0.05) is 19.9 Å². The predicted molar refractivity (Wildman–Crippen MR) is 76.3 cm³/mol. The molecule has 0 fully saturated rings. The van der Waals surface area contributed by atoms with E-state index in [0.29, 0.717) is 5.92 Å². The third-order valence-electron chi connectivity index (χ3n) is 3.48. The SMILES string of the molecule is C=CCC(C)CC(C)C(=O)C(C)(C)C(=O)N(C)OC. The zero-order valence-electron chi connectivity index (χ0n) is 13.0. The lowest BCUT2D eigenvalue weighted by Crippen LogP contribution is -2.45. The van der Waals surface area contributed by atoms with Crippen LogP contribution >= 0.6 is 0 Å². The van der Waals surface area contributed by atoms with Crippen molar-refractivity contribution >= 4 is 11.7 Å². The van der Waals surface area contributed by atoms with Crippen molar-refractivity contribution in [3.05, 3.63) is 12.7 Å². The van der Waals surface area contributed by atoms with Crippen LogP contribution in [0.5, 0.6) is 0 Å². The number of carbonyl (C=O) groups is 2. The number of nitrogens with zero attached hydrogens (tertiary/aromatic N) is 1. The van der Waals surface area contributed by atoms with Gasteiger partial charge in [-0.25, -0.2) is 5.06 Å². The van der Waals surface area contributed by atoms with E-state index >= 15 is 0 Å². The minimum absolute atomic E-state index is 0.0442. The van der Waals surface area contributed by atoms with Crippen molar-refractivity contribution in [2.24, 2.45) is 17.3 Å². The van der Waals surface area contributed by atoms with Crippen LogP contribution in [0.2, 0.25) is 0 Å². The van der Waals surface area contributed by atoms with Gasteiger partial charge in [-0.15, -0.1) is 6.58 Å². The summed E-state index contributed by atoms with van der Waals surface area (Å²) < 4.78 is 0. The molecule has 0 radical (unpaired) electrons. The summed E-state index contributed by atoms with van der Waals surface area (Å²) in [6.07, 6.45) is 3.50. The van der Waals surface area contributed by atoms with Gasteiger partial charge in [0.1, 0.15) is 5.41 Å². The number of hydrogen-bond donors (Lipinski definition) is 0. The molecule has 1 amide bonds. The molecule has 19 heavy (non-hydrogen) atoms. The molecule has 0 aliphatic carbocycles. The van der Waals surface area contributed by atoms with Gasteiger partial charge < -0.3 is 0 Å². The van der Waals surface area contributed by atoms with E-state index in [-0.39, 0.29) is 17.6 Å². The highest BCUT2D eigenvalue weighted by atomic mass is 16.7. The van der Waals surface area contributed by atoms with Crippen molar-refractivity contribution in [2.45, 2.75) is 40.5 Å². The van der Waals surface area contributed by atoms with E-state index in [1.54, 1.807) is 13.8 Å². The third-order valence-corrected chi connectivity index (χ3v) is 3.48. The number of ketones is 1. The van der Waals surface area contributed by atoms with E-state index in [0.717, 1.165) is 17.9 Å². The lowest BCUT2D eigenvalue weighted by Gasteiger charge is -2.29. The fraction of sp³-hybridized carbons (Fsp3) is 0.733. The second-order valence-corrected chi connectivity index (χ2v) is 5.74. The number of rotatable bonds is 8. The molecule has 0 spiro atoms. The van der Waals surface area contributed by atoms with Gasteiger partial charge >= 0.3 is 0 Å². The second-order valence-electron chi connectivity index (χ2n) is 5.74. The summed E-state index contributed by atoms with van der Waals surface area (Å²) in [7, 11) is 2.93. The number of allylic oxidation sites excluding steroid dienone is 1. The minimum Gasteiger partial charge on any atom is -0.298 e. The number of Topliss-reactive ketones (excluding diaryl/α,β-unsaturated/α-hetero) is 1. The van der Waals surface area contributed by atoms with E-state index in [4.69, 9.17) is 4.84 Å². The van der Waals surface area contributed by atoms with Crippen molar-refractivity contribution in [3.8, 4) is 0 Å². The topological polar surface area (TPSA) is 46.6 Å². The average Bonchev–Trinajstić information content (AvgIpc) is 2.35. The summed E-state index contributed by atoms with van der Waals surface area (Å²) in [4.78, 5) is 29.4. The van der Waals surface area contributed by atoms with Crippen molar-refractivity contribution in [2.75, 3.05) is 14.2 Å². The Kier molecular flexibility index (Phi) is 6.98. The molecule has 0 aromatic carbocycles. The van der Waals surface area contributed by atoms with E-state index in [1.165, 1.54) is 14.2 Å². The fourth-order valence-corrected chi connectivity index (χ4v) is 2.29. The highest BCUT2D eigenvalue weighted by Gasteiger charge is 2.40. The molecule has 0 bridgehead atoms. The Hall–Kier alpha value is -1.16. The molecule has 0 saturated heterocycles. The van der Waals surface area contributed by atoms with Gasteiger partial charge in [0.25, 0.3) is 5.91 Å². The van der Waals surface area contributed by atoms with Crippen LogP contribution in [-0.4, -0.2) is 30.9 Å². The molecule has 0 aromatic heterocycles. The number of amides is 1. The maximum atomic E-state index is 12.4. The molecule has 0 aliphatic rings. The first-order valence-electron chi connectivity index (χ1n) is 6.65. The highest BCUT2D eigenvalue weighted by molar-refractivity contribution is 6.05. The first-order valence-corrected chi connectivity index (χ1v) is 6.65. The van der Waals surface area contributed by atoms with Crippen LogP contribution < -0.4 is 0 Å². The van der Waals surface area contributed by atoms with Crippen LogP contribution in [0.25, 0.3) is 0 Å². The summed E-state index contributed by atoms with van der Waals surface area (Å²) in [5.41, 5.74) is -1.06. The molecule has 0 rings (SSSR count).